The molecule has 6 nitrogen and oxygen atoms in total. The summed E-state index contributed by atoms with van der Waals surface area (Å²) in [4.78, 5) is 34.4. The van der Waals surface area contributed by atoms with Crippen molar-refractivity contribution < 1.29 is 14.0 Å². The van der Waals surface area contributed by atoms with Crippen LogP contribution in [-0.4, -0.2) is 47.8 Å². The number of ketones is 1. The number of carbonyl (C=O) groups is 2. The predicted octanol–water partition coefficient (Wildman–Crippen LogP) is 4.00. The molecule has 2 aromatic heterocycles. The van der Waals surface area contributed by atoms with E-state index < -0.39 is 0 Å². The molecule has 1 aliphatic carbocycles. The molecular formula is C25H19N3O3. The number of nitrogens with zero attached hydrogens (tertiary/aromatic N) is 3. The summed E-state index contributed by atoms with van der Waals surface area (Å²) >= 11 is 0. The number of fused-ring (bicyclic) bond motifs is 2. The Morgan fingerprint density at radius 3 is 2.39 bits per heavy atom. The Morgan fingerprint density at radius 1 is 0.839 bits per heavy atom. The van der Waals surface area contributed by atoms with Gasteiger partial charge in [-0.2, -0.15) is 0 Å². The van der Waals surface area contributed by atoms with Crippen LogP contribution in [0, 0.1) is 0 Å². The van der Waals surface area contributed by atoms with E-state index in [1.165, 1.54) is 6.26 Å². The number of hydrogen-bond acceptors (Lipinski definition) is 5. The summed E-state index contributed by atoms with van der Waals surface area (Å²) in [6.07, 6.45) is 1.52. The van der Waals surface area contributed by atoms with Crippen LogP contribution < -0.4 is 4.90 Å². The van der Waals surface area contributed by atoms with Crippen molar-refractivity contribution >= 4 is 28.4 Å². The van der Waals surface area contributed by atoms with Crippen LogP contribution in [0.15, 0.2) is 71.3 Å². The summed E-state index contributed by atoms with van der Waals surface area (Å²) in [7, 11) is 0. The quantitative estimate of drug-likeness (QED) is 0.441. The van der Waals surface area contributed by atoms with Crippen LogP contribution in [0.5, 0.6) is 0 Å². The summed E-state index contributed by atoms with van der Waals surface area (Å²) in [6.45, 7) is 2.57. The Balaban J connectivity index is 1.36. The number of amides is 1. The van der Waals surface area contributed by atoms with Crippen LogP contribution in [0.4, 0.5) is 5.82 Å². The third-order valence-corrected chi connectivity index (χ3v) is 6.15. The van der Waals surface area contributed by atoms with Gasteiger partial charge in [0.25, 0.3) is 5.91 Å². The molecule has 0 N–H and O–H groups in total. The van der Waals surface area contributed by atoms with Crippen LogP contribution in [0.2, 0.25) is 0 Å². The lowest BCUT2D eigenvalue weighted by Gasteiger charge is -2.35. The van der Waals surface area contributed by atoms with Crippen LogP contribution in [0.25, 0.3) is 22.0 Å². The normalized spacial score (nSPS) is 15.3. The predicted molar refractivity (Wildman–Crippen MR) is 117 cm³/mol. The minimum Gasteiger partial charge on any atom is -0.459 e. The van der Waals surface area contributed by atoms with Gasteiger partial charge < -0.3 is 14.2 Å². The Morgan fingerprint density at radius 2 is 1.61 bits per heavy atom. The lowest BCUT2D eigenvalue weighted by Crippen LogP contribution is -2.49. The minimum absolute atomic E-state index is 0.0494. The van der Waals surface area contributed by atoms with Gasteiger partial charge in [0.15, 0.2) is 11.5 Å². The van der Waals surface area contributed by atoms with Crippen molar-refractivity contribution in [1.29, 1.82) is 0 Å². The fourth-order valence-corrected chi connectivity index (χ4v) is 4.59. The van der Waals surface area contributed by atoms with Gasteiger partial charge in [0.05, 0.1) is 11.8 Å². The highest BCUT2D eigenvalue weighted by Gasteiger charge is 2.28. The third-order valence-electron chi connectivity index (χ3n) is 6.15. The number of rotatable bonds is 2. The van der Waals surface area contributed by atoms with Crippen LogP contribution in [-0.2, 0) is 0 Å². The summed E-state index contributed by atoms with van der Waals surface area (Å²) in [6, 6.07) is 19.0. The highest BCUT2D eigenvalue weighted by Crippen LogP contribution is 2.40. The Bertz CT molecular complexity index is 1340. The van der Waals surface area contributed by atoms with Crippen molar-refractivity contribution in [3.8, 4) is 11.1 Å². The van der Waals surface area contributed by atoms with E-state index >= 15 is 0 Å². The zero-order valence-electron chi connectivity index (χ0n) is 16.7. The zero-order valence-corrected chi connectivity index (χ0v) is 16.7. The fourth-order valence-electron chi connectivity index (χ4n) is 4.59. The van der Waals surface area contributed by atoms with E-state index in [0.29, 0.717) is 37.5 Å². The lowest BCUT2D eigenvalue weighted by molar-refractivity contribution is 0.0714. The first-order valence-electron chi connectivity index (χ1n) is 10.4. The first kappa shape index (κ1) is 17.9. The molecule has 3 heterocycles. The zero-order chi connectivity index (χ0) is 20.9. The highest BCUT2D eigenvalue weighted by molar-refractivity contribution is 6.25. The minimum atomic E-state index is -0.0803. The third kappa shape index (κ3) is 2.75. The van der Waals surface area contributed by atoms with Crippen molar-refractivity contribution in [3.05, 3.63) is 83.8 Å². The highest BCUT2D eigenvalue weighted by atomic mass is 16.3. The van der Waals surface area contributed by atoms with Crippen LogP contribution in [0.3, 0.4) is 0 Å². The molecule has 1 fully saturated rings. The van der Waals surface area contributed by atoms with E-state index in [4.69, 9.17) is 9.40 Å². The second kappa shape index (κ2) is 6.80. The molecule has 152 valence electrons. The smallest absolute Gasteiger partial charge is 0.289 e. The van der Waals surface area contributed by atoms with Crippen LogP contribution >= 0.6 is 0 Å². The monoisotopic (exact) mass is 409 g/mol. The number of anilines is 1. The molecule has 0 spiro atoms. The number of benzene rings is 2. The maximum Gasteiger partial charge on any atom is 0.289 e. The Labute approximate surface area is 178 Å². The van der Waals surface area contributed by atoms with E-state index in [1.807, 2.05) is 47.4 Å². The largest absolute Gasteiger partial charge is 0.459 e. The Kier molecular flexibility index (Phi) is 3.93. The van der Waals surface area contributed by atoms with Crippen molar-refractivity contribution in [2.24, 2.45) is 0 Å². The molecule has 0 unspecified atom stereocenters. The topological polar surface area (TPSA) is 66.7 Å². The lowest BCUT2D eigenvalue weighted by atomic mass is 9.84. The fraction of sp³-hybridized carbons (Fsp3) is 0.160. The number of carbonyl (C=O) groups excluding carboxylic acids is 2. The number of pyridine rings is 1. The van der Waals surface area contributed by atoms with Gasteiger partial charge in [0.1, 0.15) is 5.82 Å². The van der Waals surface area contributed by atoms with Gasteiger partial charge in [0, 0.05) is 42.7 Å². The van der Waals surface area contributed by atoms with Crippen molar-refractivity contribution in [2.75, 3.05) is 31.1 Å². The van der Waals surface area contributed by atoms with Crippen LogP contribution in [0.1, 0.15) is 26.5 Å². The molecule has 1 aliphatic heterocycles. The molecule has 2 aliphatic rings. The molecule has 2 aromatic carbocycles. The van der Waals surface area contributed by atoms with Gasteiger partial charge in [-0.05, 0) is 35.4 Å². The van der Waals surface area contributed by atoms with Crippen molar-refractivity contribution in [2.45, 2.75) is 0 Å². The van der Waals surface area contributed by atoms with E-state index in [1.54, 1.807) is 12.1 Å². The maximum absolute atomic E-state index is 13.0. The first-order chi connectivity index (χ1) is 15.2. The van der Waals surface area contributed by atoms with Gasteiger partial charge in [-0.15, -0.1) is 0 Å². The molecular weight excluding hydrogens is 390 g/mol. The molecule has 1 amide bonds. The van der Waals surface area contributed by atoms with Crippen molar-refractivity contribution in [3.63, 3.8) is 0 Å². The molecule has 1 saturated heterocycles. The maximum atomic E-state index is 13.0. The molecule has 0 saturated carbocycles. The molecule has 0 atom stereocenters. The van der Waals surface area contributed by atoms with E-state index in [9.17, 15) is 9.59 Å². The number of hydrogen-bond donors (Lipinski definition) is 0. The molecule has 0 bridgehead atoms. The number of furan rings is 1. The van der Waals surface area contributed by atoms with Gasteiger partial charge >= 0.3 is 0 Å². The standard InChI is InChI=1S/C25H19N3O3/c29-24-17-6-2-1-5-16(17)19-15-22(26-20-8-3-7-18(24)23(19)20)27-10-12-28(13-11-27)25(30)21-9-4-14-31-21/h1-9,14-15H,10-13H2. The summed E-state index contributed by atoms with van der Waals surface area (Å²) < 4.78 is 5.25. The van der Waals surface area contributed by atoms with Gasteiger partial charge in [-0.1, -0.05) is 36.4 Å². The molecule has 4 aromatic rings. The molecule has 31 heavy (non-hydrogen) atoms. The van der Waals surface area contributed by atoms with E-state index in [0.717, 1.165) is 33.4 Å². The summed E-state index contributed by atoms with van der Waals surface area (Å²) in [5.41, 5.74) is 4.25. The Hall–Kier alpha value is -3.93. The SMILES string of the molecule is O=C1c2ccccc2-c2cc(N3CCN(C(=O)c4ccco4)CC3)nc3cccc1c23. The molecule has 0 radical (unpaired) electrons. The molecule has 6 rings (SSSR count). The second-order valence-electron chi connectivity index (χ2n) is 7.86. The number of aromatic nitrogens is 1. The van der Waals surface area contributed by atoms with Gasteiger partial charge in [0.2, 0.25) is 0 Å². The summed E-state index contributed by atoms with van der Waals surface area (Å²) in [5, 5.41) is 0.918. The number of piperazine rings is 1. The first-order valence-corrected chi connectivity index (χ1v) is 10.4. The summed E-state index contributed by atoms with van der Waals surface area (Å²) in [5.74, 6) is 1.21. The van der Waals surface area contributed by atoms with Crippen molar-refractivity contribution in [1.82, 2.24) is 9.88 Å². The van der Waals surface area contributed by atoms with E-state index in [2.05, 4.69) is 11.0 Å². The molecule has 6 heteroatoms. The van der Waals surface area contributed by atoms with Gasteiger partial charge in [-0.3, -0.25) is 9.59 Å². The van der Waals surface area contributed by atoms with E-state index in [-0.39, 0.29) is 11.7 Å². The van der Waals surface area contributed by atoms with Gasteiger partial charge in [-0.25, -0.2) is 4.98 Å². The second-order valence-corrected chi connectivity index (χ2v) is 7.86. The average Bonchev–Trinajstić information content (AvgIpc) is 3.37. The average molecular weight is 409 g/mol.